The average molecular weight is 720 g/mol. The van der Waals surface area contributed by atoms with Crippen LogP contribution < -0.4 is 31.1 Å². The number of anilines is 7. The monoisotopic (exact) mass is 719 g/mol. The predicted octanol–water partition coefficient (Wildman–Crippen LogP) is 11.0. The van der Waals surface area contributed by atoms with Crippen LogP contribution in [0.4, 0.5) is 39.8 Å². The molecule has 2 fully saturated rings. The van der Waals surface area contributed by atoms with Crippen LogP contribution in [-0.2, 0) is 16.2 Å². The second-order valence-corrected chi connectivity index (χ2v) is 20.1. The van der Waals surface area contributed by atoms with E-state index in [-0.39, 0.29) is 34.0 Å². The summed E-state index contributed by atoms with van der Waals surface area (Å²) in [5.41, 5.74) is 23.1. The minimum Gasteiger partial charge on any atom is -0.335 e. The lowest BCUT2D eigenvalue weighted by Gasteiger charge is -2.55. The summed E-state index contributed by atoms with van der Waals surface area (Å²) in [6, 6.07) is 34.5. The Morgan fingerprint density at radius 2 is 0.945 bits per heavy atom. The fourth-order valence-electron chi connectivity index (χ4n) is 13.9. The molecule has 0 bridgehead atoms. The molecule has 55 heavy (non-hydrogen) atoms. The number of hydrogen-bond donors (Lipinski definition) is 0. The molecule has 276 valence electrons. The first-order valence-corrected chi connectivity index (χ1v) is 21.4. The van der Waals surface area contributed by atoms with Crippen LogP contribution in [-0.4, -0.2) is 17.8 Å². The van der Waals surface area contributed by atoms with E-state index < -0.39 is 0 Å². The molecule has 5 aromatic carbocycles. The zero-order chi connectivity index (χ0) is 37.6. The van der Waals surface area contributed by atoms with Gasteiger partial charge in [-0.1, -0.05) is 125 Å². The maximum atomic E-state index is 2.92. The first kappa shape index (κ1) is 32.8. The molecule has 0 N–H and O–H groups in total. The van der Waals surface area contributed by atoms with Gasteiger partial charge in [-0.2, -0.15) is 0 Å². The molecule has 0 saturated heterocycles. The highest BCUT2D eigenvalue weighted by Crippen LogP contribution is 2.65. The average Bonchev–Trinajstić information content (AvgIpc) is 3.52. The standard InChI is InChI=1S/C51H54BN3/c1-31-19-21-40-36(27-31)47(3,4)37-28-32(2)20-22-41(37)53(40)33-29-42-44-43(30-33)55-46-35(49(6)24-10-12-26-51(49,55)8)16-14-18-39(46)52(44)38-17-13-15-34-45(38)54(42)50(7)25-11-9-23-48(34,50)5/h13-22,27-30H,9-12,23-26H2,1-8H3. The Kier molecular flexibility index (Phi) is 6.02. The van der Waals surface area contributed by atoms with E-state index in [2.05, 4.69) is 155 Å². The van der Waals surface area contributed by atoms with Gasteiger partial charge in [-0.3, -0.25) is 0 Å². The highest BCUT2D eigenvalue weighted by Gasteiger charge is 2.64. The molecule has 5 aromatic rings. The van der Waals surface area contributed by atoms with Crippen LogP contribution in [0.3, 0.4) is 0 Å². The number of hydrogen-bond acceptors (Lipinski definition) is 3. The summed E-state index contributed by atoms with van der Waals surface area (Å²) >= 11 is 0. The van der Waals surface area contributed by atoms with Crippen molar-refractivity contribution in [3.8, 4) is 0 Å². The lowest BCUT2D eigenvalue weighted by atomic mass is 9.33. The molecule has 12 rings (SSSR count). The molecule has 0 amide bonds. The third-order valence-corrected chi connectivity index (χ3v) is 17.2. The summed E-state index contributed by atoms with van der Waals surface area (Å²) in [7, 11) is 0. The molecule has 2 saturated carbocycles. The topological polar surface area (TPSA) is 9.72 Å². The Balaban J connectivity index is 1.22. The quantitative estimate of drug-likeness (QED) is 0.160. The SMILES string of the molecule is Cc1ccc2c(c1)C(C)(C)c1cc(C)ccc1N2c1cc2c3c(c1)N1c4c(cccc4C4(C)CCCCC14C)B3c1cccc3c1N2C1(C)CCCCC31C. The van der Waals surface area contributed by atoms with Crippen LogP contribution in [0, 0.1) is 13.8 Å². The van der Waals surface area contributed by atoms with Crippen molar-refractivity contribution >= 4 is 62.9 Å². The number of benzene rings is 5. The van der Waals surface area contributed by atoms with Crippen LogP contribution in [0.25, 0.3) is 0 Å². The van der Waals surface area contributed by atoms with Crippen molar-refractivity contribution in [2.45, 2.75) is 134 Å². The van der Waals surface area contributed by atoms with Crippen LogP contribution in [0.15, 0.2) is 84.9 Å². The molecule has 0 spiro atoms. The number of rotatable bonds is 1. The third kappa shape index (κ3) is 3.56. The summed E-state index contributed by atoms with van der Waals surface area (Å²) in [5, 5.41) is 0. The van der Waals surface area contributed by atoms with Crippen molar-refractivity contribution in [3.05, 3.63) is 118 Å². The summed E-state index contributed by atoms with van der Waals surface area (Å²) < 4.78 is 0. The smallest absolute Gasteiger partial charge is 0.252 e. The van der Waals surface area contributed by atoms with Gasteiger partial charge in [-0.25, -0.2) is 0 Å². The van der Waals surface area contributed by atoms with E-state index in [1.807, 2.05) is 0 Å². The van der Waals surface area contributed by atoms with Crippen molar-refractivity contribution < 1.29 is 0 Å². The van der Waals surface area contributed by atoms with Crippen LogP contribution in [0.5, 0.6) is 0 Å². The van der Waals surface area contributed by atoms with Gasteiger partial charge in [0, 0.05) is 39.0 Å². The van der Waals surface area contributed by atoms with E-state index in [9.17, 15) is 0 Å². The maximum Gasteiger partial charge on any atom is 0.252 e. The molecule has 5 heterocycles. The van der Waals surface area contributed by atoms with Crippen LogP contribution in [0.1, 0.15) is 126 Å². The molecule has 0 aromatic heterocycles. The molecular formula is C51H54BN3. The summed E-state index contributed by atoms with van der Waals surface area (Å²) in [5.74, 6) is 0. The summed E-state index contributed by atoms with van der Waals surface area (Å²) in [4.78, 5) is 8.49. The predicted molar refractivity (Wildman–Crippen MR) is 233 cm³/mol. The van der Waals surface area contributed by atoms with Gasteiger partial charge >= 0.3 is 0 Å². The van der Waals surface area contributed by atoms with Gasteiger partial charge in [0.2, 0.25) is 0 Å². The lowest BCUT2D eigenvalue weighted by molar-refractivity contribution is 0.194. The largest absolute Gasteiger partial charge is 0.335 e. The zero-order valence-electron chi connectivity index (χ0n) is 34.2. The highest BCUT2D eigenvalue weighted by atomic mass is 15.3. The normalized spacial score (nSPS) is 29.5. The molecule has 4 unspecified atom stereocenters. The minimum atomic E-state index is -0.118. The lowest BCUT2D eigenvalue weighted by Crippen LogP contribution is -2.66. The molecular weight excluding hydrogens is 665 g/mol. The number of para-hydroxylation sites is 2. The Bertz CT molecular complexity index is 2400. The Morgan fingerprint density at radius 1 is 0.491 bits per heavy atom. The van der Waals surface area contributed by atoms with Crippen molar-refractivity contribution in [1.29, 1.82) is 0 Å². The Morgan fingerprint density at radius 3 is 1.42 bits per heavy atom. The van der Waals surface area contributed by atoms with E-state index in [1.54, 1.807) is 11.1 Å². The highest BCUT2D eigenvalue weighted by molar-refractivity contribution is 7.00. The van der Waals surface area contributed by atoms with Gasteiger partial charge in [0.1, 0.15) is 0 Å². The van der Waals surface area contributed by atoms with E-state index in [0.717, 1.165) is 0 Å². The molecule has 4 heteroatoms. The van der Waals surface area contributed by atoms with Gasteiger partial charge in [-0.05, 0) is 116 Å². The second-order valence-electron chi connectivity index (χ2n) is 20.1. The molecule has 5 aliphatic heterocycles. The van der Waals surface area contributed by atoms with Crippen LogP contribution in [0.2, 0.25) is 0 Å². The van der Waals surface area contributed by atoms with E-state index in [1.165, 1.54) is 130 Å². The Labute approximate surface area is 328 Å². The summed E-state index contributed by atoms with van der Waals surface area (Å²) in [6.07, 6.45) is 10.1. The van der Waals surface area contributed by atoms with E-state index >= 15 is 0 Å². The van der Waals surface area contributed by atoms with E-state index in [4.69, 9.17) is 0 Å². The summed E-state index contributed by atoms with van der Waals surface area (Å²) in [6.45, 7) is 20.1. The number of aryl methyl sites for hydroxylation is 2. The first-order valence-electron chi connectivity index (χ1n) is 21.4. The number of fused-ring (bicyclic) bond motifs is 12. The van der Waals surface area contributed by atoms with Crippen molar-refractivity contribution in [2.75, 3.05) is 14.7 Å². The van der Waals surface area contributed by atoms with Crippen molar-refractivity contribution in [1.82, 2.24) is 0 Å². The molecule has 4 atom stereocenters. The van der Waals surface area contributed by atoms with E-state index in [0.29, 0.717) is 0 Å². The zero-order valence-corrected chi connectivity index (χ0v) is 34.2. The molecule has 7 aliphatic rings. The number of nitrogens with zero attached hydrogens (tertiary/aromatic N) is 3. The van der Waals surface area contributed by atoms with Crippen LogP contribution >= 0.6 is 0 Å². The van der Waals surface area contributed by atoms with Gasteiger partial charge in [0.05, 0.1) is 28.1 Å². The fraction of sp³-hybridized carbons (Fsp3) is 0.412. The molecule has 3 nitrogen and oxygen atoms in total. The van der Waals surface area contributed by atoms with Gasteiger partial charge in [0.25, 0.3) is 6.71 Å². The molecule has 2 aliphatic carbocycles. The Hall–Kier alpha value is -4.44. The third-order valence-electron chi connectivity index (χ3n) is 17.2. The van der Waals surface area contributed by atoms with Crippen molar-refractivity contribution in [2.24, 2.45) is 0 Å². The van der Waals surface area contributed by atoms with Gasteiger partial charge in [0.15, 0.2) is 0 Å². The fourth-order valence-corrected chi connectivity index (χ4v) is 13.9. The first-order chi connectivity index (χ1) is 26.3. The maximum absolute atomic E-state index is 2.92. The second kappa shape index (κ2) is 10.1. The molecule has 0 radical (unpaired) electrons. The van der Waals surface area contributed by atoms with Gasteiger partial charge in [-0.15, -0.1) is 0 Å². The minimum absolute atomic E-state index is 0.00856. The van der Waals surface area contributed by atoms with Crippen molar-refractivity contribution in [3.63, 3.8) is 0 Å². The van der Waals surface area contributed by atoms with Gasteiger partial charge < -0.3 is 14.7 Å².